The summed E-state index contributed by atoms with van der Waals surface area (Å²) in [4.78, 5) is 1.35. The van der Waals surface area contributed by atoms with Crippen molar-refractivity contribution in [2.45, 2.75) is 43.9 Å². The van der Waals surface area contributed by atoms with Crippen LogP contribution in [0.2, 0.25) is 0 Å². The zero-order chi connectivity index (χ0) is 15.2. The van der Waals surface area contributed by atoms with Gasteiger partial charge in [0.05, 0.1) is 0 Å². The van der Waals surface area contributed by atoms with Gasteiger partial charge in [0.15, 0.2) is 0 Å². The molecule has 1 unspecified atom stereocenters. The molecule has 20 heavy (non-hydrogen) atoms. The molecule has 0 radical (unpaired) electrons. The van der Waals surface area contributed by atoms with E-state index in [-0.39, 0.29) is 5.25 Å². The van der Waals surface area contributed by atoms with E-state index in [0.717, 1.165) is 23.4 Å². The molecule has 0 amide bonds. The minimum absolute atomic E-state index is 0.269. The largest absolute Gasteiger partial charge is 0.312 e. The van der Waals surface area contributed by atoms with Gasteiger partial charge in [-0.3, -0.25) is 0 Å². The van der Waals surface area contributed by atoms with E-state index in [4.69, 9.17) is 0 Å². The standard InChI is InChI=1S/C13H24N2O2S3/c1-5-6-14-8-12-13(10(2)9-19-12)20(16,17)15-7-11(3)18-4/h9,11,14-15H,5-8H2,1-4H3. The maximum absolute atomic E-state index is 12.4. The van der Waals surface area contributed by atoms with Crippen molar-refractivity contribution in [2.24, 2.45) is 0 Å². The summed E-state index contributed by atoms with van der Waals surface area (Å²) >= 11 is 3.16. The van der Waals surface area contributed by atoms with Gasteiger partial charge in [-0.25, -0.2) is 13.1 Å². The van der Waals surface area contributed by atoms with E-state index < -0.39 is 10.0 Å². The Labute approximate surface area is 130 Å². The summed E-state index contributed by atoms with van der Waals surface area (Å²) < 4.78 is 27.6. The minimum Gasteiger partial charge on any atom is -0.312 e. The van der Waals surface area contributed by atoms with Crippen LogP contribution in [-0.2, 0) is 16.6 Å². The molecule has 0 fully saturated rings. The normalized spacial score (nSPS) is 13.6. The van der Waals surface area contributed by atoms with Gasteiger partial charge in [0.25, 0.3) is 0 Å². The number of nitrogens with one attached hydrogen (secondary N) is 2. The molecule has 0 spiro atoms. The third-order valence-electron chi connectivity index (χ3n) is 2.93. The summed E-state index contributed by atoms with van der Waals surface area (Å²) in [7, 11) is -3.41. The molecule has 1 rings (SSSR count). The summed E-state index contributed by atoms with van der Waals surface area (Å²) in [6, 6.07) is 0. The SMILES string of the molecule is CCCNCc1scc(C)c1S(=O)(=O)NCC(C)SC. The van der Waals surface area contributed by atoms with Gasteiger partial charge < -0.3 is 5.32 Å². The maximum Gasteiger partial charge on any atom is 0.242 e. The molecule has 1 atom stereocenters. The lowest BCUT2D eigenvalue weighted by atomic mass is 10.3. The lowest BCUT2D eigenvalue weighted by Crippen LogP contribution is -2.30. The predicted molar refractivity (Wildman–Crippen MR) is 89.2 cm³/mol. The number of rotatable bonds is 9. The van der Waals surface area contributed by atoms with Crippen molar-refractivity contribution >= 4 is 33.1 Å². The smallest absolute Gasteiger partial charge is 0.242 e. The lowest BCUT2D eigenvalue weighted by molar-refractivity contribution is 0.578. The second kappa shape index (κ2) is 8.38. The fourth-order valence-corrected chi connectivity index (χ4v) is 4.99. The third-order valence-corrected chi connectivity index (χ3v) is 6.79. The van der Waals surface area contributed by atoms with Gasteiger partial charge in [-0.15, -0.1) is 11.3 Å². The Morgan fingerprint density at radius 3 is 2.75 bits per heavy atom. The van der Waals surface area contributed by atoms with Crippen molar-refractivity contribution in [3.05, 3.63) is 15.8 Å². The summed E-state index contributed by atoms with van der Waals surface area (Å²) in [5.41, 5.74) is 0.826. The highest BCUT2D eigenvalue weighted by atomic mass is 32.2. The van der Waals surface area contributed by atoms with Crippen LogP contribution in [0, 0.1) is 6.92 Å². The molecular formula is C13H24N2O2S3. The van der Waals surface area contributed by atoms with E-state index in [1.807, 2.05) is 25.5 Å². The highest BCUT2D eigenvalue weighted by Crippen LogP contribution is 2.26. The zero-order valence-electron chi connectivity index (χ0n) is 12.5. The van der Waals surface area contributed by atoms with Gasteiger partial charge in [-0.1, -0.05) is 13.8 Å². The van der Waals surface area contributed by atoms with E-state index in [1.54, 1.807) is 11.8 Å². The van der Waals surface area contributed by atoms with Gasteiger partial charge in [0.1, 0.15) is 4.90 Å². The van der Waals surface area contributed by atoms with E-state index in [1.165, 1.54) is 11.3 Å². The molecule has 116 valence electrons. The summed E-state index contributed by atoms with van der Waals surface area (Å²) in [6.07, 6.45) is 3.02. The Bertz CT molecular complexity index is 512. The zero-order valence-corrected chi connectivity index (χ0v) is 15.0. The number of thiophene rings is 1. The second-order valence-corrected chi connectivity index (χ2v) is 8.69. The Hall–Kier alpha value is -0.0800. The highest BCUT2D eigenvalue weighted by molar-refractivity contribution is 7.99. The molecule has 1 aromatic heterocycles. The molecule has 7 heteroatoms. The first-order chi connectivity index (χ1) is 9.42. The Morgan fingerprint density at radius 1 is 1.45 bits per heavy atom. The third kappa shape index (κ3) is 5.04. The van der Waals surface area contributed by atoms with Crippen LogP contribution in [0.15, 0.2) is 10.3 Å². The highest BCUT2D eigenvalue weighted by Gasteiger charge is 2.23. The van der Waals surface area contributed by atoms with Crippen LogP contribution in [-0.4, -0.2) is 33.0 Å². The first kappa shape index (κ1) is 18.0. The number of aryl methyl sites for hydroxylation is 1. The van der Waals surface area contributed by atoms with Crippen molar-refractivity contribution in [2.75, 3.05) is 19.3 Å². The van der Waals surface area contributed by atoms with Gasteiger partial charge in [0, 0.05) is 23.2 Å². The van der Waals surface area contributed by atoms with Gasteiger partial charge >= 0.3 is 0 Å². The Morgan fingerprint density at radius 2 is 2.15 bits per heavy atom. The average molecular weight is 337 g/mol. The van der Waals surface area contributed by atoms with Crippen LogP contribution in [0.25, 0.3) is 0 Å². The first-order valence-electron chi connectivity index (χ1n) is 6.72. The molecule has 0 bridgehead atoms. The molecule has 0 aliphatic heterocycles. The topological polar surface area (TPSA) is 58.2 Å². The van der Waals surface area contributed by atoms with Crippen molar-refractivity contribution in [3.8, 4) is 0 Å². The number of hydrogen-bond donors (Lipinski definition) is 2. The average Bonchev–Trinajstić information content (AvgIpc) is 2.78. The molecule has 1 heterocycles. The van der Waals surface area contributed by atoms with Crippen molar-refractivity contribution in [1.29, 1.82) is 0 Å². The molecule has 0 aliphatic carbocycles. The number of sulfonamides is 1. The van der Waals surface area contributed by atoms with E-state index in [2.05, 4.69) is 17.0 Å². The van der Waals surface area contributed by atoms with Gasteiger partial charge in [0.2, 0.25) is 10.0 Å². The molecule has 0 aliphatic rings. The minimum atomic E-state index is -3.41. The van der Waals surface area contributed by atoms with E-state index >= 15 is 0 Å². The van der Waals surface area contributed by atoms with Gasteiger partial charge in [-0.2, -0.15) is 11.8 Å². The van der Waals surface area contributed by atoms with Crippen molar-refractivity contribution in [1.82, 2.24) is 10.0 Å². The van der Waals surface area contributed by atoms with Crippen molar-refractivity contribution < 1.29 is 8.42 Å². The van der Waals surface area contributed by atoms with Crippen molar-refractivity contribution in [3.63, 3.8) is 0 Å². The van der Waals surface area contributed by atoms with E-state index in [0.29, 0.717) is 18.0 Å². The van der Waals surface area contributed by atoms with Crippen LogP contribution < -0.4 is 10.0 Å². The molecule has 0 saturated heterocycles. The molecule has 1 aromatic rings. The fourth-order valence-electron chi connectivity index (χ4n) is 1.73. The Kier molecular flexibility index (Phi) is 7.53. The first-order valence-corrected chi connectivity index (χ1v) is 10.4. The fraction of sp³-hybridized carbons (Fsp3) is 0.692. The molecule has 4 nitrogen and oxygen atoms in total. The van der Waals surface area contributed by atoms with Gasteiger partial charge in [-0.05, 0) is 37.1 Å². The second-order valence-electron chi connectivity index (χ2n) is 4.75. The molecule has 2 N–H and O–H groups in total. The summed E-state index contributed by atoms with van der Waals surface area (Å²) in [6.45, 7) is 7.92. The molecule has 0 saturated carbocycles. The Balaban J connectivity index is 2.85. The van der Waals surface area contributed by atoms with Crippen LogP contribution in [0.3, 0.4) is 0 Å². The van der Waals surface area contributed by atoms with E-state index in [9.17, 15) is 8.42 Å². The molecule has 0 aromatic carbocycles. The predicted octanol–water partition coefficient (Wildman–Crippen LogP) is 2.59. The number of thioether (sulfide) groups is 1. The van der Waals surface area contributed by atoms with Crippen LogP contribution in [0.5, 0.6) is 0 Å². The summed E-state index contributed by atoms with van der Waals surface area (Å²) in [5, 5.41) is 5.45. The summed E-state index contributed by atoms with van der Waals surface area (Å²) in [5.74, 6) is 0. The lowest BCUT2D eigenvalue weighted by Gasteiger charge is -2.12. The monoisotopic (exact) mass is 336 g/mol. The van der Waals surface area contributed by atoms with Crippen LogP contribution >= 0.6 is 23.1 Å². The van der Waals surface area contributed by atoms with Crippen LogP contribution in [0.4, 0.5) is 0 Å². The quantitative estimate of drug-likeness (QED) is 0.681. The van der Waals surface area contributed by atoms with Crippen LogP contribution in [0.1, 0.15) is 30.7 Å². The maximum atomic E-state index is 12.4. The molecular weight excluding hydrogens is 312 g/mol. The number of hydrogen-bond acceptors (Lipinski definition) is 5.